The predicted octanol–water partition coefficient (Wildman–Crippen LogP) is 4.97. The Morgan fingerprint density at radius 3 is 2.26 bits per heavy atom. The zero-order valence-electron chi connectivity index (χ0n) is 19.5. The van der Waals surface area contributed by atoms with Gasteiger partial charge < -0.3 is 0 Å². The van der Waals surface area contributed by atoms with E-state index in [0.717, 1.165) is 49.6 Å². The van der Waals surface area contributed by atoms with Gasteiger partial charge in [-0.2, -0.15) is 5.10 Å². The van der Waals surface area contributed by atoms with Crippen molar-refractivity contribution in [2.75, 3.05) is 32.7 Å². The Bertz CT molecular complexity index is 1190. The molecular weight excluding hydrogens is 463 g/mol. The summed E-state index contributed by atoms with van der Waals surface area (Å²) in [6.07, 6.45) is 0.534. The Labute approximate surface area is 210 Å². The number of piperazine rings is 1. The highest BCUT2D eigenvalue weighted by Gasteiger charge is 2.35. The van der Waals surface area contributed by atoms with Gasteiger partial charge in [0.15, 0.2) is 0 Å². The number of hydrogen-bond acceptors (Lipinski definition) is 4. The van der Waals surface area contributed by atoms with E-state index in [1.54, 1.807) is 17.1 Å². The van der Waals surface area contributed by atoms with Gasteiger partial charge in [0.2, 0.25) is 0 Å². The molecule has 2 aliphatic rings. The van der Waals surface area contributed by atoms with Crippen LogP contribution < -0.4 is 0 Å². The second-order valence-corrected chi connectivity index (χ2v) is 9.48. The third-order valence-corrected chi connectivity index (χ3v) is 7.02. The molecule has 5 rings (SSSR count). The van der Waals surface area contributed by atoms with Crippen molar-refractivity contribution < 1.29 is 9.18 Å². The van der Waals surface area contributed by atoms with Gasteiger partial charge in [-0.1, -0.05) is 72.3 Å². The minimum atomic E-state index is -0.297. The summed E-state index contributed by atoms with van der Waals surface area (Å²) in [4.78, 5) is 18.1. The first kappa shape index (κ1) is 23.7. The number of hydrogen-bond donors (Lipinski definition) is 0. The summed E-state index contributed by atoms with van der Waals surface area (Å²) in [6.45, 7) is 4.73. The quantitative estimate of drug-likeness (QED) is 0.489. The van der Waals surface area contributed by atoms with Crippen LogP contribution in [0.1, 0.15) is 29.2 Å². The third-order valence-electron chi connectivity index (χ3n) is 6.68. The highest BCUT2D eigenvalue weighted by Crippen LogP contribution is 2.36. The average molecular weight is 491 g/mol. The molecule has 0 bridgehead atoms. The van der Waals surface area contributed by atoms with Crippen LogP contribution in [0.5, 0.6) is 0 Å². The average Bonchev–Trinajstić information content (AvgIpc) is 3.32. The fourth-order valence-corrected chi connectivity index (χ4v) is 5.02. The van der Waals surface area contributed by atoms with E-state index in [2.05, 4.69) is 34.1 Å². The molecule has 0 N–H and O–H groups in total. The van der Waals surface area contributed by atoms with Gasteiger partial charge in [-0.15, -0.1) is 0 Å². The van der Waals surface area contributed by atoms with Crippen molar-refractivity contribution in [1.29, 1.82) is 0 Å². The maximum absolute atomic E-state index is 13.5. The molecule has 1 unspecified atom stereocenters. The summed E-state index contributed by atoms with van der Waals surface area (Å²) in [5, 5.41) is 6.90. The van der Waals surface area contributed by atoms with Gasteiger partial charge in [0.25, 0.3) is 5.91 Å². The predicted molar refractivity (Wildman–Crippen MR) is 137 cm³/mol. The molecule has 7 heteroatoms. The van der Waals surface area contributed by atoms with Crippen molar-refractivity contribution in [3.8, 4) is 0 Å². The fraction of sp³-hybridized carbons (Fsp3) is 0.286. The van der Waals surface area contributed by atoms with Crippen LogP contribution in [0.3, 0.4) is 0 Å². The number of hydrazone groups is 1. The largest absolute Gasteiger partial charge is 0.297 e. The first-order chi connectivity index (χ1) is 17.1. The highest BCUT2D eigenvalue weighted by atomic mass is 35.5. The number of carbonyl (C=O) groups is 1. The molecule has 3 aromatic rings. The smallest absolute Gasteiger partial charge is 0.257 e. The Kier molecular flexibility index (Phi) is 7.23. The molecule has 1 saturated heterocycles. The van der Waals surface area contributed by atoms with Crippen LogP contribution in [0.4, 0.5) is 4.39 Å². The first-order valence-corrected chi connectivity index (χ1v) is 12.3. The lowest BCUT2D eigenvalue weighted by molar-refractivity contribution is -0.134. The van der Waals surface area contributed by atoms with E-state index in [0.29, 0.717) is 18.0 Å². The maximum Gasteiger partial charge on any atom is 0.257 e. The minimum absolute atomic E-state index is 0.0523. The van der Waals surface area contributed by atoms with E-state index < -0.39 is 0 Å². The number of benzene rings is 3. The SMILES string of the molecule is O=C(CN1CCN(Cc2ccccc2)CC1)N1N=C(c2ccc(F)cc2)CC1c1ccccc1Cl. The summed E-state index contributed by atoms with van der Waals surface area (Å²) in [5.41, 5.74) is 3.75. The van der Waals surface area contributed by atoms with Crippen molar-refractivity contribution in [2.45, 2.75) is 19.0 Å². The number of amides is 1. The summed E-state index contributed by atoms with van der Waals surface area (Å²) < 4.78 is 13.5. The van der Waals surface area contributed by atoms with Gasteiger partial charge in [-0.25, -0.2) is 9.40 Å². The molecule has 2 heterocycles. The summed E-state index contributed by atoms with van der Waals surface area (Å²) in [6, 6.07) is 24.0. The lowest BCUT2D eigenvalue weighted by atomic mass is 9.98. The molecule has 180 valence electrons. The monoisotopic (exact) mass is 490 g/mol. The van der Waals surface area contributed by atoms with Crippen LogP contribution in [0, 0.1) is 5.82 Å². The van der Waals surface area contributed by atoms with E-state index in [1.807, 2.05) is 30.3 Å². The highest BCUT2D eigenvalue weighted by molar-refractivity contribution is 6.31. The van der Waals surface area contributed by atoms with Crippen LogP contribution in [0.2, 0.25) is 5.02 Å². The molecule has 3 aromatic carbocycles. The molecule has 35 heavy (non-hydrogen) atoms. The van der Waals surface area contributed by atoms with Crippen LogP contribution in [0.25, 0.3) is 0 Å². The first-order valence-electron chi connectivity index (χ1n) is 12.0. The normalized spacial score (nSPS) is 19.1. The fourth-order valence-electron chi connectivity index (χ4n) is 4.76. The van der Waals surface area contributed by atoms with Gasteiger partial charge in [0, 0.05) is 44.2 Å². The van der Waals surface area contributed by atoms with Crippen LogP contribution in [-0.4, -0.2) is 59.2 Å². The number of carbonyl (C=O) groups excluding carboxylic acids is 1. The topological polar surface area (TPSA) is 39.2 Å². The minimum Gasteiger partial charge on any atom is -0.297 e. The van der Waals surface area contributed by atoms with E-state index in [1.165, 1.54) is 17.7 Å². The molecule has 0 saturated carbocycles. The standard InChI is InChI=1S/C28H28ClFN4O/c29-25-9-5-4-8-24(25)27-18-26(22-10-12-23(30)13-11-22)31-34(27)28(35)20-33-16-14-32(15-17-33)19-21-6-2-1-3-7-21/h1-13,27H,14-20H2. The third kappa shape index (κ3) is 5.61. The Hall–Kier alpha value is -3.06. The van der Waals surface area contributed by atoms with Gasteiger partial charge in [-0.3, -0.25) is 14.6 Å². The molecule has 0 spiro atoms. The number of rotatable bonds is 6. The Morgan fingerprint density at radius 2 is 1.54 bits per heavy atom. The van der Waals surface area contributed by atoms with E-state index in [9.17, 15) is 9.18 Å². The zero-order valence-corrected chi connectivity index (χ0v) is 20.2. The summed E-state index contributed by atoms with van der Waals surface area (Å²) >= 11 is 6.51. The number of halogens is 2. The second kappa shape index (κ2) is 10.7. The number of nitrogens with zero attached hydrogens (tertiary/aromatic N) is 4. The molecule has 1 amide bonds. The van der Waals surface area contributed by atoms with Crippen LogP contribution in [-0.2, 0) is 11.3 Å². The van der Waals surface area contributed by atoms with Gasteiger partial charge in [-0.05, 0) is 34.9 Å². The summed E-state index contributed by atoms with van der Waals surface area (Å²) in [5.74, 6) is -0.349. The molecule has 0 aromatic heterocycles. The van der Waals surface area contributed by atoms with Gasteiger partial charge >= 0.3 is 0 Å². The van der Waals surface area contributed by atoms with E-state index in [-0.39, 0.29) is 17.8 Å². The molecular formula is C28H28ClFN4O. The molecule has 0 aliphatic carbocycles. The van der Waals surface area contributed by atoms with Crippen molar-refractivity contribution in [3.05, 3.63) is 106 Å². The maximum atomic E-state index is 13.5. The lowest BCUT2D eigenvalue weighted by Crippen LogP contribution is -2.49. The lowest BCUT2D eigenvalue weighted by Gasteiger charge is -2.35. The Morgan fingerprint density at radius 1 is 0.886 bits per heavy atom. The second-order valence-electron chi connectivity index (χ2n) is 9.07. The van der Waals surface area contributed by atoms with E-state index >= 15 is 0 Å². The van der Waals surface area contributed by atoms with E-state index in [4.69, 9.17) is 16.7 Å². The van der Waals surface area contributed by atoms with Gasteiger partial charge in [0.1, 0.15) is 5.82 Å². The molecule has 5 nitrogen and oxygen atoms in total. The van der Waals surface area contributed by atoms with Crippen molar-refractivity contribution >= 4 is 23.2 Å². The van der Waals surface area contributed by atoms with Crippen molar-refractivity contribution in [1.82, 2.24) is 14.8 Å². The Balaban J connectivity index is 1.28. The molecule has 1 fully saturated rings. The van der Waals surface area contributed by atoms with Crippen LogP contribution >= 0.6 is 11.6 Å². The molecule has 2 aliphatic heterocycles. The van der Waals surface area contributed by atoms with Crippen molar-refractivity contribution in [3.63, 3.8) is 0 Å². The zero-order chi connectivity index (χ0) is 24.2. The van der Waals surface area contributed by atoms with Crippen molar-refractivity contribution in [2.24, 2.45) is 5.10 Å². The summed E-state index contributed by atoms with van der Waals surface area (Å²) in [7, 11) is 0. The van der Waals surface area contributed by atoms with Crippen LogP contribution in [0.15, 0.2) is 84.0 Å². The molecule has 0 radical (unpaired) electrons. The van der Waals surface area contributed by atoms with Gasteiger partial charge in [0.05, 0.1) is 18.3 Å². The molecule has 1 atom stereocenters.